The predicted octanol–water partition coefficient (Wildman–Crippen LogP) is 3.46. The highest BCUT2D eigenvalue weighted by Crippen LogP contribution is 2.22. The molecule has 0 spiro atoms. The van der Waals surface area contributed by atoms with E-state index in [0.29, 0.717) is 0 Å². The van der Waals surface area contributed by atoms with E-state index in [-0.39, 0.29) is 12.1 Å². The number of hydrogen-bond acceptors (Lipinski definition) is 2. The van der Waals surface area contributed by atoms with Gasteiger partial charge in [-0.25, -0.2) is 0 Å². The van der Waals surface area contributed by atoms with Crippen LogP contribution in [0.4, 0.5) is 0 Å². The lowest BCUT2D eigenvalue weighted by Gasteiger charge is -2.15. The first-order valence-electron chi connectivity index (χ1n) is 4.56. The van der Waals surface area contributed by atoms with E-state index >= 15 is 0 Å². The molecule has 0 bridgehead atoms. The fraction of sp³-hybridized carbons (Fsp3) is 0.364. The topological polar surface area (TPSA) is 26.3 Å². The Hall–Kier alpha value is -0.830. The fourth-order valence-corrected chi connectivity index (χ4v) is 1.53. The molecule has 3 heteroatoms. The number of esters is 1. The third kappa shape index (κ3) is 3.14. The second-order valence-corrected chi connectivity index (χ2v) is 3.97. The molecule has 0 N–H and O–H groups in total. The van der Waals surface area contributed by atoms with Crippen LogP contribution in [0.3, 0.4) is 0 Å². The van der Waals surface area contributed by atoms with E-state index in [1.54, 1.807) is 0 Å². The third-order valence-electron chi connectivity index (χ3n) is 1.92. The Balaban J connectivity index is 2.78. The molecule has 1 aromatic carbocycles. The van der Waals surface area contributed by atoms with Crippen molar-refractivity contribution in [1.82, 2.24) is 0 Å². The standard InChI is InChI=1S/C11H13BrO2/c1-3-11(14-8(2)13)9-4-6-10(12)7-5-9/h4-7,11H,3H2,1-2H3/t11-/m1/s1. The minimum atomic E-state index is -0.236. The molecule has 0 aliphatic heterocycles. The van der Waals surface area contributed by atoms with Gasteiger partial charge in [-0.1, -0.05) is 35.0 Å². The first kappa shape index (κ1) is 11.2. The summed E-state index contributed by atoms with van der Waals surface area (Å²) in [5.41, 5.74) is 1.03. The van der Waals surface area contributed by atoms with Crippen LogP contribution in [0.15, 0.2) is 28.7 Å². The van der Waals surface area contributed by atoms with Gasteiger partial charge in [0.25, 0.3) is 0 Å². The molecule has 2 nitrogen and oxygen atoms in total. The van der Waals surface area contributed by atoms with Crippen LogP contribution in [0, 0.1) is 0 Å². The minimum Gasteiger partial charge on any atom is -0.458 e. The minimum absolute atomic E-state index is 0.124. The average molecular weight is 257 g/mol. The van der Waals surface area contributed by atoms with Gasteiger partial charge in [0.05, 0.1) is 0 Å². The van der Waals surface area contributed by atoms with Crippen molar-refractivity contribution in [3.63, 3.8) is 0 Å². The Morgan fingerprint density at radius 3 is 2.43 bits per heavy atom. The molecule has 1 rings (SSSR count). The molecule has 1 atom stereocenters. The average Bonchev–Trinajstić information content (AvgIpc) is 2.15. The summed E-state index contributed by atoms with van der Waals surface area (Å²) in [7, 11) is 0. The van der Waals surface area contributed by atoms with Crippen molar-refractivity contribution in [2.45, 2.75) is 26.4 Å². The normalized spacial score (nSPS) is 12.2. The summed E-state index contributed by atoms with van der Waals surface area (Å²) in [5.74, 6) is -0.236. The number of carbonyl (C=O) groups is 1. The largest absolute Gasteiger partial charge is 0.458 e. The molecule has 0 aliphatic carbocycles. The molecule has 14 heavy (non-hydrogen) atoms. The zero-order chi connectivity index (χ0) is 10.6. The summed E-state index contributed by atoms with van der Waals surface area (Å²) in [6, 6.07) is 7.81. The molecular weight excluding hydrogens is 244 g/mol. The molecule has 0 aliphatic rings. The maximum absolute atomic E-state index is 10.8. The molecule has 0 heterocycles. The summed E-state index contributed by atoms with van der Waals surface area (Å²) >= 11 is 3.36. The van der Waals surface area contributed by atoms with Gasteiger partial charge in [0, 0.05) is 11.4 Å². The van der Waals surface area contributed by atoms with Crippen LogP contribution in [-0.4, -0.2) is 5.97 Å². The summed E-state index contributed by atoms with van der Waals surface area (Å²) in [6.45, 7) is 3.43. The molecule has 1 aromatic rings. The lowest BCUT2D eigenvalue weighted by Crippen LogP contribution is -2.07. The number of carbonyl (C=O) groups excluding carboxylic acids is 1. The van der Waals surface area contributed by atoms with Gasteiger partial charge in [0.2, 0.25) is 0 Å². The summed E-state index contributed by atoms with van der Waals surface area (Å²) in [5, 5.41) is 0. The summed E-state index contributed by atoms with van der Waals surface area (Å²) in [4.78, 5) is 10.8. The van der Waals surface area contributed by atoms with Gasteiger partial charge in [0.15, 0.2) is 0 Å². The lowest BCUT2D eigenvalue weighted by molar-refractivity contribution is -0.146. The molecular formula is C11H13BrO2. The highest BCUT2D eigenvalue weighted by atomic mass is 79.9. The molecule has 0 saturated carbocycles. The number of rotatable bonds is 3. The predicted molar refractivity (Wildman–Crippen MR) is 58.9 cm³/mol. The van der Waals surface area contributed by atoms with Gasteiger partial charge in [-0.2, -0.15) is 0 Å². The van der Waals surface area contributed by atoms with Crippen LogP contribution in [-0.2, 0) is 9.53 Å². The first-order chi connectivity index (χ1) is 6.63. The Bertz CT molecular complexity index is 306. The SMILES string of the molecule is CC[C@@H](OC(C)=O)c1ccc(Br)cc1. The Morgan fingerprint density at radius 1 is 1.43 bits per heavy atom. The van der Waals surface area contributed by atoms with Gasteiger partial charge in [-0.3, -0.25) is 4.79 Å². The van der Waals surface area contributed by atoms with E-state index in [4.69, 9.17) is 4.74 Å². The highest BCUT2D eigenvalue weighted by Gasteiger charge is 2.11. The maximum Gasteiger partial charge on any atom is 0.303 e. The van der Waals surface area contributed by atoms with Crippen LogP contribution >= 0.6 is 15.9 Å². The molecule has 0 saturated heterocycles. The zero-order valence-corrected chi connectivity index (χ0v) is 9.87. The van der Waals surface area contributed by atoms with E-state index in [1.807, 2.05) is 31.2 Å². The lowest BCUT2D eigenvalue weighted by atomic mass is 10.1. The Morgan fingerprint density at radius 2 is 2.00 bits per heavy atom. The van der Waals surface area contributed by atoms with Crippen molar-refractivity contribution < 1.29 is 9.53 Å². The van der Waals surface area contributed by atoms with Gasteiger partial charge in [-0.05, 0) is 24.1 Å². The Labute approximate surface area is 92.4 Å². The number of hydrogen-bond donors (Lipinski definition) is 0. The Kier molecular flexibility index (Phi) is 4.14. The second kappa shape index (κ2) is 5.15. The maximum atomic E-state index is 10.8. The van der Waals surface area contributed by atoms with Crippen LogP contribution in [0.5, 0.6) is 0 Å². The monoisotopic (exact) mass is 256 g/mol. The van der Waals surface area contributed by atoms with Crippen molar-refractivity contribution in [1.29, 1.82) is 0 Å². The van der Waals surface area contributed by atoms with Crippen molar-refractivity contribution >= 4 is 21.9 Å². The summed E-state index contributed by atoms with van der Waals surface area (Å²) < 4.78 is 6.20. The highest BCUT2D eigenvalue weighted by molar-refractivity contribution is 9.10. The van der Waals surface area contributed by atoms with E-state index in [2.05, 4.69) is 15.9 Å². The van der Waals surface area contributed by atoms with E-state index in [1.165, 1.54) is 6.92 Å². The number of halogens is 1. The van der Waals surface area contributed by atoms with Crippen LogP contribution in [0.2, 0.25) is 0 Å². The van der Waals surface area contributed by atoms with Crippen molar-refractivity contribution in [2.75, 3.05) is 0 Å². The number of ether oxygens (including phenoxy) is 1. The van der Waals surface area contributed by atoms with Crippen molar-refractivity contribution in [2.24, 2.45) is 0 Å². The summed E-state index contributed by atoms with van der Waals surface area (Å²) in [6.07, 6.45) is 0.668. The fourth-order valence-electron chi connectivity index (χ4n) is 1.26. The van der Waals surface area contributed by atoms with Crippen molar-refractivity contribution in [3.05, 3.63) is 34.3 Å². The first-order valence-corrected chi connectivity index (χ1v) is 5.35. The van der Waals surface area contributed by atoms with Crippen LogP contribution < -0.4 is 0 Å². The van der Waals surface area contributed by atoms with Gasteiger partial charge >= 0.3 is 5.97 Å². The van der Waals surface area contributed by atoms with Gasteiger partial charge in [-0.15, -0.1) is 0 Å². The van der Waals surface area contributed by atoms with Gasteiger partial charge < -0.3 is 4.74 Å². The molecule has 0 radical (unpaired) electrons. The molecule has 0 unspecified atom stereocenters. The zero-order valence-electron chi connectivity index (χ0n) is 8.29. The molecule has 0 aromatic heterocycles. The molecule has 0 amide bonds. The van der Waals surface area contributed by atoms with Crippen LogP contribution in [0.1, 0.15) is 31.9 Å². The molecule has 76 valence electrons. The molecule has 0 fully saturated rings. The van der Waals surface area contributed by atoms with E-state index < -0.39 is 0 Å². The van der Waals surface area contributed by atoms with Gasteiger partial charge in [0.1, 0.15) is 6.10 Å². The van der Waals surface area contributed by atoms with E-state index in [0.717, 1.165) is 16.5 Å². The van der Waals surface area contributed by atoms with Crippen LogP contribution in [0.25, 0.3) is 0 Å². The van der Waals surface area contributed by atoms with Crippen molar-refractivity contribution in [3.8, 4) is 0 Å². The van der Waals surface area contributed by atoms with E-state index in [9.17, 15) is 4.79 Å². The number of benzene rings is 1. The quantitative estimate of drug-likeness (QED) is 0.775. The third-order valence-corrected chi connectivity index (χ3v) is 2.45. The smallest absolute Gasteiger partial charge is 0.303 e. The second-order valence-electron chi connectivity index (χ2n) is 3.06.